The maximum absolute atomic E-state index is 12.3. The maximum Gasteiger partial charge on any atom is 0.331 e. The van der Waals surface area contributed by atoms with Crippen LogP contribution >= 0.6 is 15.9 Å². The molecular weight excluding hydrogens is 318 g/mol. The first kappa shape index (κ1) is 15.4. The minimum atomic E-state index is -0.568. The monoisotopic (exact) mass is 339 g/mol. The first-order chi connectivity index (χ1) is 9.59. The van der Waals surface area contributed by atoms with E-state index in [4.69, 9.17) is 4.74 Å². The second-order valence-corrected chi connectivity index (χ2v) is 6.49. The highest BCUT2D eigenvalue weighted by atomic mass is 79.9. The number of rotatable bonds is 4. The van der Waals surface area contributed by atoms with Crippen LogP contribution in [-0.4, -0.2) is 18.6 Å². The molecule has 1 aromatic carbocycles. The molecule has 0 aliphatic heterocycles. The minimum absolute atomic E-state index is 0.140. The van der Waals surface area contributed by atoms with E-state index >= 15 is 0 Å². The number of hydrogen-bond acceptors (Lipinski definition) is 3. The molecule has 0 amide bonds. The first-order valence-corrected chi connectivity index (χ1v) is 8.01. The van der Waals surface area contributed by atoms with E-state index < -0.39 is 5.54 Å². The Bertz CT molecular complexity index is 460. The van der Waals surface area contributed by atoms with Gasteiger partial charge >= 0.3 is 5.97 Å². The summed E-state index contributed by atoms with van der Waals surface area (Å²) in [6, 6.07) is 7.94. The number of halogens is 1. The van der Waals surface area contributed by atoms with Gasteiger partial charge in [0.2, 0.25) is 0 Å². The van der Waals surface area contributed by atoms with Gasteiger partial charge in [-0.2, -0.15) is 0 Å². The fraction of sp³-hybridized carbons (Fsp3) is 0.562. The van der Waals surface area contributed by atoms with Crippen molar-refractivity contribution in [3.8, 4) is 0 Å². The average molecular weight is 340 g/mol. The molecule has 110 valence electrons. The Morgan fingerprint density at radius 2 is 2.15 bits per heavy atom. The highest BCUT2D eigenvalue weighted by molar-refractivity contribution is 9.10. The molecule has 0 saturated heterocycles. The third-order valence-electron chi connectivity index (χ3n) is 4.23. The molecule has 0 radical (unpaired) electrons. The molecule has 0 aromatic heterocycles. The molecule has 3 nitrogen and oxygen atoms in total. The molecule has 2 atom stereocenters. The van der Waals surface area contributed by atoms with Crippen molar-refractivity contribution in [1.82, 2.24) is 0 Å². The molecule has 2 unspecified atom stereocenters. The molecule has 20 heavy (non-hydrogen) atoms. The molecular formula is C16H22BrNO2. The lowest BCUT2D eigenvalue weighted by Gasteiger charge is -2.39. The van der Waals surface area contributed by atoms with Crippen LogP contribution in [0.3, 0.4) is 0 Å². The van der Waals surface area contributed by atoms with Crippen molar-refractivity contribution in [2.75, 3.05) is 12.4 Å². The van der Waals surface area contributed by atoms with E-state index in [1.165, 1.54) is 13.5 Å². The zero-order valence-electron chi connectivity index (χ0n) is 12.1. The molecule has 1 aliphatic carbocycles. The number of carbonyl (C=O) groups excluding carboxylic acids is 1. The molecule has 1 fully saturated rings. The lowest BCUT2D eigenvalue weighted by Crippen LogP contribution is -2.50. The smallest absolute Gasteiger partial charge is 0.331 e. The van der Waals surface area contributed by atoms with E-state index in [1.54, 1.807) is 0 Å². The third kappa shape index (κ3) is 3.35. The van der Waals surface area contributed by atoms with Crippen molar-refractivity contribution < 1.29 is 9.53 Å². The van der Waals surface area contributed by atoms with E-state index in [2.05, 4.69) is 28.2 Å². The summed E-state index contributed by atoms with van der Waals surface area (Å²) in [4.78, 5) is 12.3. The van der Waals surface area contributed by atoms with Gasteiger partial charge in [0.05, 0.1) is 7.11 Å². The van der Waals surface area contributed by atoms with Crippen molar-refractivity contribution in [2.24, 2.45) is 5.92 Å². The SMILES string of the molecule is CCC1CCCC(Nc2ccc(Br)cc2)(C(=O)OC)C1. The summed E-state index contributed by atoms with van der Waals surface area (Å²) < 4.78 is 6.10. The number of ether oxygens (including phenoxy) is 1. The van der Waals surface area contributed by atoms with Crippen molar-refractivity contribution in [2.45, 2.75) is 44.6 Å². The van der Waals surface area contributed by atoms with E-state index in [-0.39, 0.29) is 5.97 Å². The predicted octanol–water partition coefficient (Wildman–Crippen LogP) is 4.37. The fourth-order valence-corrected chi connectivity index (χ4v) is 3.36. The van der Waals surface area contributed by atoms with Crippen LogP contribution in [0.2, 0.25) is 0 Å². The highest BCUT2D eigenvalue weighted by Crippen LogP contribution is 2.37. The summed E-state index contributed by atoms with van der Waals surface area (Å²) >= 11 is 3.43. The minimum Gasteiger partial charge on any atom is -0.467 e. The Hall–Kier alpha value is -1.03. The molecule has 1 aromatic rings. The van der Waals surface area contributed by atoms with Crippen LogP contribution in [0.4, 0.5) is 5.69 Å². The van der Waals surface area contributed by atoms with E-state index in [9.17, 15) is 4.79 Å². The Labute approximate surface area is 129 Å². The molecule has 2 rings (SSSR count). The van der Waals surface area contributed by atoms with Gasteiger partial charge in [-0.05, 0) is 43.0 Å². The molecule has 1 N–H and O–H groups in total. The van der Waals surface area contributed by atoms with Gasteiger partial charge < -0.3 is 10.1 Å². The van der Waals surface area contributed by atoms with Crippen LogP contribution in [0.1, 0.15) is 39.0 Å². The second kappa shape index (κ2) is 6.61. The van der Waals surface area contributed by atoms with Gasteiger partial charge in [0.25, 0.3) is 0 Å². The summed E-state index contributed by atoms with van der Waals surface area (Å²) in [6.45, 7) is 2.19. The number of carbonyl (C=O) groups is 1. The van der Waals surface area contributed by atoms with Crippen LogP contribution in [0.15, 0.2) is 28.7 Å². The second-order valence-electron chi connectivity index (χ2n) is 5.58. The maximum atomic E-state index is 12.3. The summed E-state index contributed by atoms with van der Waals surface area (Å²) in [5.74, 6) is 0.448. The standard InChI is InChI=1S/C16H22BrNO2/c1-3-12-5-4-10-16(11-12,15(19)20-2)18-14-8-6-13(17)7-9-14/h6-9,12,18H,3-5,10-11H2,1-2H3. The molecule has 0 spiro atoms. The zero-order chi connectivity index (χ0) is 14.6. The van der Waals surface area contributed by atoms with Crippen molar-refractivity contribution in [1.29, 1.82) is 0 Å². The summed E-state index contributed by atoms with van der Waals surface area (Å²) in [7, 11) is 1.48. The first-order valence-electron chi connectivity index (χ1n) is 7.22. The van der Waals surface area contributed by atoms with Gasteiger partial charge in [-0.25, -0.2) is 4.79 Å². The third-order valence-corrected chi connectivity index (χ3v) is 4.76. The van der Waals surface area contributed by atoms with E-state index in [1.807, 2.05) is 24.3 Å². The number of methoxy groups -OCH3 is 1. The molecule has 1 aliphatic rings. The van der Waals surface area contributed by atoms with Crippen LogP contribution in [0, 0.1) is 5.92 Å². The average Bonchev–Trinajstić information content (AvgIpc) is 2.49. The Morgan fingerprint density at radius 3 is 2.75 bits per heavy atom. The highest BCUT2D eigenvalue weighted by Gasteiger charge is 2.43. The van der Waals surface area contributed by atoms with Crippen molar-refractivity contribution in [3.63, 3.8) is 0 Å². The van der Waals surface area contributed by atoms with Crippen LogP contribution in [-0.2, 0) is 9.53 Å². The fourth-order valence-electron chi connectivity index (χ4n) is 3.09. The molecule has 1 saturated carbocycles. The van der Waals surface area contributed by atoms with Crippen LogP contribution in [0.25, 0.3) is 0 Å². The Morgan fingerprint density at radius 1 is 1.45 bits per heavy atom. The molecule has 0 bridgehead atoms. The van der Waals surface area contributed by atoms with Gasteiger partial charge in [0.15, 0.2) is 0 Å². The normalized spacial score (nSPS) is 26.1. The van der Waals surface area contributed by atoms with Crippen molar-refractivity contribution in [3.05, 3.63) is 28.7 Å². The van der Waals surface area contributed by atoms with Gasteiger partial charge in [-0.3, -0.25) is 0 Å². The lowest BCUT2D eigenvalue weighted by atomic mass is 9.74. The largest absolute Gasteiger partial charge is 0.467 e. The molecule has 4 heteroatoms. The quantitative estimate of drug-likeness (QED) is 0.827. The van der Waals surface area contributed by atoms with Crippen LogP contribution < -0.4 is 5.32 Å². The zero-order valence-corrected chi connectivity index (χ0v) is 13.7. The van der Waals surface area contributed by atoms with E-state index in [0.717, 1.165) is 35.8 Å². The van der Waals surface area contributed by atoms with Gasteiger partial charge in [0, 0.05) is 10.2 Å². The van der Waals surface area contributed by atoms with E-state index in [0.29, 0.717) is 5.92 Å². The number of benzene rings is 1. The van der Waals surface area contributed by atoms with Crippen LogP contribution in [0.5, 0.6) is 0 Å². The van der Waals surface area contributed by atoms with Gasteiger partial charge in [-0.15, -0.1) is 0 Å². The number of esters is 1. The Balaban J connectivity index is 2.22. The number of nitrogens with one attached hydrogen (secondary N) is 1. The van der Waals surface area contributed by atoms with Gasteiger partial charge in [-0.1, -0.05) is 42.1 Å². The van der Waals surface area contributed by atoms with Crippen molar-refractivity contribution >= 4 is 27.6 Å². The lowest BCUT2D eigenvalue weighted by molar-refractivity contribution is -0.147. The molecule has 0 heterocycles. The summed E-state index contributed by atoms with van der Waals surface area (Å²) in [5.41, 5.74) is 0.400. The Kier molecular flexibility index (Phi) is 5.08. The summed E-state index contributed by atoms with van der Waals surface area (Å²) in [5, 5.41) is 3.44. The predicted molar refractivity (Wildman–Crippen MR) is 84.8 cm³/mol. The van der Waals surface area contributed by atoms with Gasteiger partial charge in [0.1, 0.15) is 5.54 Å². The number of hydrogen-bond donors (Lipinski definition) is 1. The topological polar surface area (TPSA) is 38.3 Å². The number of anilines is 1. The summed E-state index contributed by atoms with van der Waals surface area (Å²) in [6.07, 6.45) is 5.08.